The van der Waals surface area contributed by atoms with Crippen molar-refractivity contribution in [2.24, 2.45) is 4.99 Å². The highest BCUT2D eigenvalue weighted by Gasteiger charge is 2.37. The predicted octanol–water partition coefficient (Wildman–Crippen LogP) is 6.78. The molecule has 0 aromatic rings. The van der Waals surface area contributed by atoms with Crippen molar-refractivity contribution >= 4 is 5.71 Å². The Balaban J connectivity index is 6.01. The molecule has 0 fully saturated rings. The minimum absolute atomic E-state index is 0.0259. The molecule has 0 spiro atoms. The Labute approximate surface area is 186 Å². The van der Waals surface area contributed by atoms with Crippen LogP contribution in [0.15, 0.2) is 52.7 Å². The summed E-state index contributed by atoms with van der Waals surface area (Å²) in [5, 5.41) is 10.4. The van der Waals surface area contributed by atoms with Crippen LogP contribution in [0.25, 0.3) is 0 Å². The zero-order valence-electron chi connectivity index (χ0n) is 19.2. The molecule has 1 atom stereocenters. The molecule has 184 valence electrons. The molecule has 0 amide bonds. The normalized spacial score (nSPS) is 16.0. The van der Waals surface area contributed by atoms with Crippen molar-refractivity contribution in [3.05, 3.63) is 47.7 Å². The van der Waals surface area contributed by atoms with Crippen LogP contribution in [-0.4, -0.2) is 53.8 Å². The molecule has 0 aliphatic carbocycles. The average Bonchev–Trinajstić information content (AvgIpc) is 2.67. The van der Waals surface area contributed by atoms with Crippen molar-refractivity contribution in [3.63, 3.8) is 0 Å². The van der Waals surface area contributed by atoms with E-state index in [4.69, 9.17) is 0 Å². The highest BCUT2D eigenvalue weighted by molar-refractivity contribution is 6.00. The van der Waals surface area contributed by atoms with Crippen LogP contribution in [-0.2, 0) is 0 Å². The molecule has 9 heteroatoms. The van der Waals surface area contributed by atoms with Gasteiger partial charge in [-0.2, -0.15) is 26.3 Å². The van der Waals surface area contributed by atoms with Crippen molar-refractivity contribution < 1.29 is 31.4 Å². The van der Waals surface area contributed by atoms with Gasteiger partial charge >= 0.3 is 12.4 Å². The second kappa shape index (κ2) is 14.3. The molecular formula is C23H34F6N2O. The maximum Gasteiger partial charge on any atom is 0.433 e. The summed E-state index contributed by atoms with van der Waals surface area (Å²) >= 11 is 0. The van der Waals surface area contributed by atoms with Gasteiger partial charge in [0.2, 0.25) is 0 Å². The predicted molar refractivity (Wildman–Crippen MR) is 118 cm³/mol. The van der Waals surface area contributed by atoms with E-state index in [1.54, 1.807) is 0 Å². The zero-order chi connectivity index (χ0) is 24.9. The Morgan fingerprint density at radius 2 is 1.53 bits per heavy atom. The van der Waals surface area contributed by atoms with Crippen LogP contribution in [0, 0.1) is 0 Å². The fourth-order valence-corrected chi connectivity index (χ4v) is 2.76. The minimum atomic E-state index is -4.99. The molecule has 0 aromatic carbocycles. The number of nitrogens with zero attached hydrogens (tertiary/aromatic N) is 2. The molecule has 0 aliphatic heterocycles. The number of hydrogen-bond donors (Lipinski definition) is 1. The van der Waals surface area contributed by atoms with Gasteiger partial charge in [-0.25, -0.2) is 4.99 Å². The molecule has 0 saturated heterocycles. The zero-order valence-corrected chi connectivity index (χ0v) is 19.2. The van der Waals surface area contributed by atoms with Crippen LogP contribution < -0.4 is 0 Å². The van der Waals surface area contributed by atoms with E-state index in [0.29, 0.717) is 25.2 Å². The topological polar surface area (TPSA) is 35.8 Å². The van der Waals surface area contributed by atoms with Crippen molar-refractivity contribution in [2.75, 3.05) is 19.6 Å². The van der Waals surface area contributed by atoms with Gasteiger partial charge in [0.15, 0.2) is 0 Å². The summed E-state index contributed by atoms with van der Waals surface area (Å²) in [5.74, 6) is 0. The van der Waals surface area contributed by atoms with Gasteiger partial charge < -0.3 is 10.0 Å². The second-order valence-corrected chi connectivity index (χ2v) is 7.50. The number of aliphatic imine (C=N–C) groups is 1. The molecule has 0 heterocycles. The van der Waals surface area contributed by atoms with Gasteiger partial charge in [-0.05, 0) is 57.5 Å². The van der Waals surface area contributed by atoms with Gasteiger partial charge in [-0.15, -0.1) is 0 Å². The molecule has 0 aliphatic rings. The third-order valence-corrected chi connectivity index (χ3v) is 4.65. The number of allylic oxidation sites excluding steroid dienone is 6. The van der Waals surface area contributed by atoms with Crippen LogP contribution >= 0.6 is 0 Å². The largest absolute Gasteiger partial charge is 0.433 e. The lowest BCUT2D eigenvalue weighted by atomic mass is 10.1. The highest BCUT2D eigenvalue weighted by Crippen LogP contribution is 2.31. The first-order valence-electron chi connectivity index (χ1n) is 10.6. The van der Waals surface area contributed by atoms with Crippen LogP contribution in [0.5, 0.6) is 0 Å². The van der Waals surface area contributed by atoms with E-state index in [9.17, 15) is 31.4 Å². The number of aliphatic hydroxyl groups is 1. The summed E-state index contributed by atoms with van der Waals surface area (Å²) < 4.78 is 80.2. The van der Waals surface area contributed by atoms with Gasteiger partial charge in [0, 0.05) is 6.54 Å². The van der Waals surface area contributed by atoms with Gasteiger partial charge in [0.25, 0.3) is 0 Å². The molecule has 0 radical (unpaired) electrons. The molecule has 0 bridgehead atoms. The summed E-state index contributed by atoms with van der Waals surface area (Å²) in [5.41, 5.74) is -3.68. The number of unbranched alkanes of at least 4 members (excludes halogenated alkanes) is 2. The van der Waals surface area contributed by atoms with Crippen molar-refractivity contribution in [3.8, 4) is 0 Å². The standard InChI is InChI=1S/C23H34F6N2O/c1-6-9-12-19(22(24,25)26)18(5)30-21(23(27,28)29)15-17(4)20(32)16-31(13-10-7-2)14-11-8-3/h6,9,12,15,20,32H,1,7-8,10-11,13-14,16H2,2-5H3/b12-9-,17-15+,19-18-,30-21-. The van der Waals surface area contributed by atoms with Crippen LogP contribution in [0.1, 0.15) is 53.4 Å². The fourth-order valence-electron chi connectivity index (χ4n) is 2.76. The summed E-state index contributed by atoms with van der Waals surface area (Å²) in [4.78, 5) is 5.21. The molecule has 3 nitrogen and oxygen atoms in total. The first-order chi connectivity index (χ1) is 14.8. The van der Waals surface area contributed by atoms with Crippen LogP contribution in [0.4, 0.5) is 26.3 Å². The Hall–Kier alpha value is -1.87. The Kier molecular flexibility index (Phi) is 13.5. The van der Waals surface area contributed by atoms with E-state index in [2.05, 4.69) is 11.6 Å². The third kappa shape index (κ3) is 11.7. The minimum Gasteiger partial charge on any atom is -0.387 e. The lowest BCUT2D eigenvalue weighted by Crippen LogP contribution is -2.35. The fraction of sp³-hybridized carbons (Fsp3) is 0.609. The van der Waals surface area contributed by atoms with E-state index in [1.165, 1.54) is 6.92 Å². The first kappa shape index (κ1) is 30.1. The maximum absolute atomic E-state index is 13.5. The van der Waals surface area contributed by atoms with Gasteiger partial charge in [0.1, 0.15) is 5.71 Å². The lowest BCUT2D eigenvalue weighted by Gasteiger charge is -2.25. The van der Waals surface area contributed by atoms with Crippen molar-refractivity contribution in [1.82, 2.24) is 4.90 Å². The van der Waals surface area contributed by atoms with Crippen molar-refractivity contribution in [2.45, 2.75) is 71.8 Å². The number of aliphatic hydroxyl groups excluding tert-OH is 1. The van der Waals surface area contributed by atoms with Crippen LogP contribution in [0.2, 0.25) is 0 Å². The quantitative estimate of drug-likeness (QED) is 0.184. The molecule has 1 unspecified atom stereocenters. The number of rotatable bonds is 13. The van der Waals surface area contributed by atoms with E-state index in [1.807, 2.05) is 18.7 Å². The number of alkyl halides is 6. The van der Waals surface area contributed by atoms with Crippen LogP contribution in [0.3, 0.4) is 0 Å². The Bertz CT molecular complexity index is 694. The van der Waals surface area contributed by atoms with Crippen molar-refractivity contribution in [1.29, 1.82) is 0 Å². The summed E-state index contributed by atoms with van der Waals surface area (Å²) in [6, 6.07) is 0. The second-order valence-electron chi connectivity index (χ2n) is 7.50. The van der Waals surface area contributed by atoms with Gasteiger partial charge in [-0.3, -0.25) is 0 Å². The SMILES string of the molecule is C=C\C=C/C(=C(C)/N=C(/C=C(\C)C(O)CN(CCCC)CCCC)C(F)(F)F)C(F)(F)F. The monoisotopic (exact) mass is 468 g/mol. The molecule has 0 rings (SSSR count). The highest BCUT2D eigenvalue weighted by atomic mass is 19.4. The summed E-state index contributed by atoms with van der Waals surface area (Å²) in [7, 11) is 0. The van der Waals surface area contributed by atoms with E-state index < -0.39 is 35.4 Å². The van der Waals surface area contributed by atoms with E-state index in [0.717, 1.165) is 44.8 Å². The first-order valence-corrected chi connectivity index (χ1v) is 10.6. The van der Waals surface area contributed by atoms with Gasteiger partial charge in [0.05, 0.1) is 17.4 Å². The molecule has 1 N–H and O–H groups in total. The van der Waals surface area contributed by atoms with E-state index >= 15 is 0 Å². The Morgan fingerprint density at radius 1 is 1.00 bits per heavy atom. The molecular weight excluding hydrogens is 434 g/mol. The molecule has 0 saturated carbocycles. The number of halogens is 6. The average molecular weight is 469 g/mol. The maximum atomic E-state index is 13.5. The summed E-state index contributed by atoms with van der Waals surface area (Å²) in [6.07, 6.45) is -4.17. The lowest BCUT2D eigenvalue weighted by molar-refractivity contribution is -0.0891. The smallest absolute Gasteiger partial charge is 0.387 e. The third-order valence-electron chi connectivity index (χ3n) is 4.65. The van der Waals surface area contributed by atoms with E-state index in [-0.39, 0.29) is 12.1 Å². The molecule has 0 aromatic heterocycles. The number of hydrogen-bond acceptors (Lipinski definition) is 3. The Morgan fingerprint density at radius 3 is 1.94 bits per heavy atom. The summed E-state index contributed by atoms with van der Waals surface area (Å²) in [6.45, 7) is 11.0. The molecule has 32 heavy (non-hydrogen) atoms. The van der Waals surface area contributed by atoms with Gasteiger partial charge in [-0.1, -0.05) is 45.4 Å².